The van der Waals surface area contributed by atoms with Crippen molar-refractivity contribution in [3.8, 4) is 0 Å². The molecule has 278 valence electrons. The lowest BCUT2D eigenvalue weighted by Crippen LogP contribution is -2.74. The quantitative estimate of drug-likeness (QED) is 0.174. The SMILES string of the molecule is CC1CCC(C2CCC(c3c(F)c(F)c(C(F)(F)C(F)(F)C(F)(F)C(F)(F)C(F)(F)C(F)(F)C(F)(F)C(F)(F)F)c(F)c3F)CC2)CC1. The highest BCUT2D eigenvalue weighted by molar-refractivity contribution is 5.37. The predicted molar refractivity (Wildman–Crippen MR) is 122 cm³/mol. The normalized spacial score (nSPS) is 24.6. The Labute approximate surface area is 257 Å². The summed E-state index contributed by atoms with van der Waals surface area (Å²) in [4.78, 5) is 0. The highest BCUT2D eigenvalue weighted by atomic mass is 19.4. The maximum Gasteiger partial charge on any atom is 0.460 e. The monoisotopic (exact) mass is 746 g/mol. The van der Waals surface area contributed by atoms with Gasteiger partial charge < -0.3 is 0 Å². The van der Waals surface area contributed by atoms with Crippen molar-refractivity contribution in [1.82, 2.24) is 0 Å². The average Bonchev–Trinajstić information content (AvgIpc) is 2.95. The van der Waals surface area contributed by atoms with E-state index >= 15 is 0 Å². The van der Waals surface area contributed by atoms with Crippen molar-refractivity contribution in [2.24, 2.45) is 17.8 Å². The van der Waals surface area contributed by atoms with E-state index in [2.05, 4.69) is 0 Å². The lowest BCUT2D eigenvalue weighted by Gasteiger charge is -2.43. The summed E-state index contributed by atoms with van der Waals surface area (Å²) in [7, 11) is 0. The van der Waals surface area contributed by atoms with Crippen LogP contribution in [0.15, 0.2) is 0 Å². The minimum absolute atomic E-state index is 0.0534. The van der Waals surface area contributed by atoms with Crippen LogP contribution < -0.4 is 0 Å². The van der Waals surface area contributed by atoms with Crippen molar-refractivity contribution in [1.29, 1.82) is 0 Å². The zero-order chi connectivity index (χ0) is 37.4. The standard InChI is InChI=1S/C27H23F21/c1-10-2-4-11(5-3-10)12-6-8-13(9-7-12)14-16(28)18(30)15(19(31)17(14)29)20(32,33)21(34,35)22(36,37)23(38,39)24(40,41)25(42,43)26(44,45)27(46,47)48/h10-13H,2-9H2,1H3. The smallest absolute Gasteiger partial charge is 0.203 e. The molecule has 0 amide bonds. The van der Waals surface area contributed by atoms with Gasteiger partial charge in [0.2, 0.25) is 0 Å². The molecule has 0 nitrogen and oxygen atoms in total. The minimum Gasteiger partial charge on any atom is -0.203 e. The molecule has 0 aliphatic heterocycles. The molecular weight excluding hydrogens is 723 g/mol. The fourth-order valence-electron chi connectivity index (χ4n) is 6.24. The Morgan fingerprint density at radius 2 is 0.708 bits per heavy atom. The van der Waals surface area contributed by atoms with Gasteiger partial charge in [0.15, 0.2) is 23.3 Å². The summed E-state index contributed by atoms with van der Waals surface area (Å²) in [5.74, 6) is -74.6. The maximum atomic E-state index is 14.9. The third-order valence-electron chi connectivity index (χ3n) is 9.24. The van der Waals surface area contributed by atoms with Crippen molar-refractivity contribution in [2.75, 3.05) is 0 Å². The van der Waals surface area contributed by atoms with Gasteiger partial charge in [0.25, 0.3) is 0 Å². The Morgan fingerprint density at radius 1 is 0.396 bits per heavy atom. The summed E-state index contributed by atoms with van der Waals surface area (Å²) >= 11 is 0. The first kappa shape index (κ1) is 40.2. The molecule has 0 aromatic heterocycles. The minimum atomic E-state index is -9.02. The van der Waals surface area contributed by atoms with Gasteiger partial charge in [-0.15, -0.1) is 0 Å². The molecule has 0 heterocycles. The average molecular weight is 746 g/mol. The lowest BCUT2D eigenvalue weighted by molar-refractivity contribution is -0.463. The first-order valence-corrected chi connectivity index (χ1v) is 13.9. The Balaban J connectivity index is 2.04. The van der Waals surface area contributed by atoms with Crippen LogP contribution in [0.25, 0.3) is 0 Å². The van der Waals surface area contributed by atoms with Crippen molar-refractivity contribution < 1.29 is 92.2 Å². The van der Waals surface area contributed by atoms with E-state index in [4.69, 9.17) is 0 Å². The second-order valence-electron chi connectivity index (χ2n) is 12.2. The summed E-state index contributed by atoms with van der Waals surface area (Å²) in [6.07, 6.45) is -4.92. The summed E-state index contributed by atoms with van der Waals surface area (Å²) < 4.78 is 291. The molecule has 48 heavy (non-hydrogen) atoms. The molecule has 1 aromatic carbocycles. The largest absolute Gasteiger partial charge is 0.460 e. The number of hydrogen-bond acceptors (Lipinski definition) is 0. The summed E-state index contributed by atoms with van der Waals surface area (Å²) in [5, 5.41) is 0. The molecule has 2 aliphatic rings. The topological polar surface area (TPSA) is 0 Å². The number of alkyl halides is 17. The molecule has 0 saturated heterocycles. The van der Waals surface area contributed by atoms with Gasteiger partial charge in [-0.05, 0) is 62.2 Å². The second kappa shape index (κ2) is 12.2. The Bertz CT molecular complexity index is 1300. The fourth-order valence-corrected chi connectivity index (χ4v) is 6.24. The van der Waals surface area contributed by atoms with Crippen LogP contribution in [-0.2, 0) is 5.92 Å². The highest BCUT2D eigenvalue weighted by Crippen LogP contribution is 2.65. The van der Waals surface area contributed by atoms with Crippen LogP contribution in [0, 0.1) is 41.0 Å². The van der Waals surface area contributed by atoms with Gasteiger partial charge >= 0.3 is 47.6 Å². The van der Waals surface area contributed by atoms with Crippen molar-refractivity contribution in [3.05, 3.63) is 34.4 Å². The molecule has 1 aromatic rings. The van der Waals surface area contributed by atoms with E-state index in [0.29, 0.717) is 5.92 Å². The van der Waals surface area contributed by atoms with Gasteiger partial charge in [0.1, 0.15) is 5.56 Å². The molecule has 3 rings (SSSR count). The predicted octanol–water partition coefficient (Wildman–Crippen LogP) is 11.8. The van der Waals surface area contributed by atoms with E-state index in [0.717, 1.165) is 25.7 Å². The van der Waals surface area contributed by atoms with E-state index in [1.165, 1.54) is 0 Å². The summed E-state index contributed by atoms with van der Waals surface area (Å²) in [6, 6.07) is 0. The number of rotatable bonds is 9. The molecule has 2 aliphatic carbocycles. The van der Waals surface area contributed by atoms with Gasteiger partial charge in [-0.2, -0.15) is 74.6 Å². The van der Waals surface area contributed by atoms with Crippen LogP contribution in [-0.4, -0.2) is 41.7 Å². The van der Waals surface area contributed by atoms with E-state index < -0.39 is 87.9 Å². The molecule has 21 heteroatoms. The van der Waals surface area contributed by atoms with Gasteiger partial charge in [-0.25, -0.2) is 17.6 Å². The second-order valence-corrected chi connectivity index (χ2v) is 12.2. The third-order valence-corrected chi connectivity index (χ3v) is 9.24. The highest BCUT2D eigenvalue weighted by Gasteiger charge is 2.95. The molecule has 0 unspecified atom stereocenters. The van der Waals surface area contributed by atoms with Crippen molar-refractivity contribution in [2.45, 2.75) is 112 Å². The Morgan fingerprint density at radius 3 is 1.06 bits per heavy atom. The molecule has 0 radical (unpaired) electrons. The van der Waals surface area contributed by atoms with E-state index in [9.17, 15) is 92.2 Å². The Hall–Kier alpha value is -2.25. The first-order chi connectivity index (χ1) is 21.4. The van der Waals surface area contributed by atoms with Crippen LogP contribution in [0.1, 0.15) is 75.3 Å². The summed E-state index contributed by atoms with van der Waals surface area (Å²) in [5.41, 5.74) is -5.82. The van der Waals surface area contributed by atoms with Gasteiger partial charge in [-0.3, -0.25) is 0 Å². The molecule has 0 spiro atoms. The molecule has 0 N–H and O–H groups in total. The molecule has 2 fully saturated rings. The van der Waals surface area contributed by atoms with E-state index in [-0.39, 0.29) is 37.5 Å². The van der Waals surface area contributed by atoms with Crippen LogP contribution in [0.2, 0.25) is 0 Å². The third kappa shape index (κ3) is 5.67. The van der Waals surface area contributed by atoms with Crippen molar-refractivity contribution in [3.63, 3.8) is 0 Å². The van der Waals surface area contributed by atoms with Crippen molar-refractivity contribution >= 4 is 0 Å². The van der Waals surface area contributed by atoms with Crippen LogP contribution in [0.4, 0.5) is 92.2 Å². The maximum absolute atomic E-state index is 14.9. The zero-order valence-electron chi connectivity index (χ0n) is 23.9. The van der Waals surface area contributed by atoms with E-state index in [1.807, 2.05) is 6.92 Å². The molecule has 0 atom stereocenters. The summed E-state index contributed by atoms with van der Waals surface area (Å²) in [6.45, 7) is 2.01. The zero-order valence-corrected chi connectivity index (χ0v) is 23.9. The molecule has 0 bridgehead atoms. The lowest BCUT2D eigenvalue weighted by atomic mass is 9.68. The van der Waals surface area contributed by atoms with Crippen LogP contribution >= 0.6 is 0 Å². The van der Waals surface area contributed by atoms with Gasteiger partial charge in [-0.1, -0.05) is 19.8 Å². The van der Waals surface area contributed by atoms with Crippen LogP contribution in [0.5, 0.6) is 0 Å². The fraction of sp³-hybridized carbons (Fsp3) is 0.778. The molecule has 2 saturated carbocycles. The first-order valence-electron chi connectivity index (χ1n) is 13.9. The number of hydrogen-bond donors (Lipinski definition) is 0. The van der Waals surface area contributed by atoms with Crippen LogP contribution in [0.3, 0.4) is 0 Å². The van der Waals surface area contributed by atoms with Gasteiger partial charge in [0, 0.05) is 5.56 Å². The van der Waals surface area contributed by atoms with E-state index in [1.54, 1.807) is 0 Å². The molecular formula is C27H23F21. The van der Waals surface area contributed by atoms with Gasteiger partial charge in [0.05, 0.1) is 0 Å². The number of benzene rings is 1. The number of halogens is 21. The Kier molecular flexibility index (Phi) is 10.2.